The van der Waals surface area contributed by atoms with E-state index in [1.807, 2.05) is 62.9 Å². The van der Waals surface area contributed by atoms with Crippen molar-refractivity contribution in [3.05, 3.63) is 74.8 Å². The predicted molar refractivity (Wildman–Crippen MR) is 167 cm³/mol. The van der Waals surface area contributed by atoms with Crippen molar-refractivity contribution in [3.8, 4) is 11.1 Å². The zero-order valence-corrected chi connectivity index (χ0v) is 25.6. The van der Waals surface area contributed by atoms with Crippen LogP contribution in [0, 0.1) is 26.7 Å². The monoisotopic (exact) mass is 584 g/mol. The van der Waals surface area contributed by atoms with Gasteiger partial charge in [0.2, 0.25) is 11.8 Å². The van der Waals surface area contributed by atoms with Crippen LogP contribution in [0.15, 0.2) is 41.3 Å². The van der Waals surface area contributed by atoms with Gasteiger partial charge in [-0.25, -0.2) is 4.98 Å². The molecule has 2 N–H and O–H groups in total. The van der Waals surface area contributed by atoms with Gasteiger partial charge in [0.05, 0.1) is 0 Å². The topological polar surface area (TPSA) is 119 Å². The molecule has 2 aromatic heterocycles. The maximum Gasteiger partial charge on any atom is 0.253 e. The summed E-state index contributed by atoms with van der Waals surface area (Å²) in [6.45, 7) is 12.4. The van der Waals surface area contributed by atoms with Gasteiger partial charge in [-0.15, -0.1) is 0 Å². The molecule has 1 saturated carbocycles. The predicted octanol–water partition coefficient (Wildman–Crippen LogP) is 3.72. The summed E-state index contributed by atoms with van der Waals surface area (Å²) in [7, 11) is 0. The minimum absolute atomic E-state index is 0.0286. The Morgan fingerprint density at radius 2 is 1.74 bits per heavy atom. The van der Waals surface area contributed by atoms with Crippen LogP contribution < -0.4 is 20.7 Å². The molecule has 1 aliphatic heterocycles. The second kappa shape index (κ2) is 12.4. The summed E-state index contributed by atoms with van der Waals surface area (Å²) in [4.78, 5) is 64.5. The van der Waals surface area contributed by atoms with E-state index in [1.54, 1.807) is 18.0 Å². The number of pyridine rings is 2. The molecular weight excluding hydrogens is 544 g/mol. The number of H-pyrrole nitrogens is 1. The Labute approximate surface area is 252 Å². The molecule has 0 spiro atoms. The summed E-state index contributed by atoms with van der Waals surface area (Å²) in [5, 5.41) is 2.94. The van der Waals surface area contributed by atoms with Gasteiger partial charge in [0.25, 0.3) is 11.5 Å². The van der Waals surface area contributed by atoms with Gasteiger partial charge in [-0.1, -0.05) is 0 Å². The lowest BCUT2D eigenvalue weighted by molar-refractivity contribution is -0.129. The van der Waals surface area contributed by atoms with Crippen molar-refractivity contribution >= 4 is 29.2 Å². The maximum absolute atomic E-state index is 13.6. The van der Waals surface area contributed by atoms with Crippen LogP contribution in [0.25, 0.3) is 11.1 Å². The fourth-order valence-electron chi connectivity index (χ4n) is 5.74. The number of benzene rings is 1. The van der Waals surface area contributed by atoms with Gasteiger partial charge >= 0.3 is 0 Å². The third kappa shape index (κ3) is 6.48. The van der Waals surface area contributed by atoms with Crippen molar-refractivity contribution < 1.29 is 14.4 Å². The van der Waals surface area contributed by atoms with Gasteiger partial charge in [-0.2, -0.15) is 0 Å². The van der Waals surface area contributed by atoms with Gasteiger partial charge < -0.3 is 25.0 Å². The fraction of sp³-hybridized carbons (Fsp3) is 0.424. The van der Waals surface area contributed by atoms with Gasteiger partial charge in [0, 0.05) is 86.4 Å². The Hall–Kier alpha value is -4.47. The second-order valence-electron chi connectivity index (χ2n) is 11.5. The lowest BCUT2D eigenvalue weighted by Gasteiger charge is -2.34. The highest BCUT2D eigenvalue weighted by atomic mass is 16.2. The molecule has 3 aromatic rings. The number of piperazine rings is 1. The highest BCUT2D eigenvalue weighted by Crippen LogP contribution is 2.36. The van der Waals surface area contributed by atoms with E-state index in [-0.39, 0.29) is 35.7 Å². The van der Waals surface area contributed by atoms with E-state index in [0.29, 0.717) is 55.1 Å². The number of amides is 3. The Morgan fingerprint density at radius 1 is 1.02 bits per heavy atom. The van der Waals surface area contributed by atoms with E-state index in [0.717, 1.165) is 41.0 Å². The first-order valence-electron chi connectivity index (χ1n) is 15.0. The third-order valence-electron chi connectivity index (χ3n) is 8.47. The largest absolute Gasteiger partial charge is 0.353 e. The molecule has 1 saturated heterocycles. The first-order valence-corrected chi connectivity index (χ1v) is 15.0. The van der Waals surface area contributed by atoms with Gasteiger partial charge in [-0.3, -0.25) is 19.2 Å². The molecule has 3 heterocycles. The zero-order valence-electron chi connectivity index (χ0n) is 25.6. The molecule has 0 radical (unpaired) electrons. The first-order chi connectivity index (χ1) is 20.6. The number of hydrogen-bond donors (Lipinski definition) is 2. The first kappa shape index (κ1) is 30.0. The Morgan fingerprint density at radius 3 is 2.33 bits per heavy atom. The van der Waals surface area contributed by atoms with Crippen LogP contribution in [-0.4, -0.2) is 65.3 Å². The highest BCUT2D eigenvalue weighted by molar-refractivity contribution is 6.03. The zero-order chi connectivity index (χ0) is 30.8. The standard InChI is InChI=1S/C33H40N6O4/c1-6-39(33(43)24-7-8-24)29-17-26(25-9-10-30(34-18-25)38-13-11-37(12-14-38)23(5)40)16-27(22(29)4)31(41)35-19-28-20(2)15-21(3)36-32(28)42/h9-10,15-18,24H,6-8,11-14,19H2,1-5H3,(H,35,41)(H,36,42). The molecule has 0 bridgehead atoms. The second-order valence-corrected chi connectivity index (χ2v) is 11.5. The van der Waals surface area contributed by atoms with Crippen molar-refractivity contribution in [2.24, 2.45) is 5.92 Å². The van der Waals surface area contributed by atoms with E-state index in [1.165, 1.54) is 0 Å². The molecule has 1 aromatic carbocycles. The average molecular weight is 585 g/mol. The number of aryl methyl sites for hydroxylation is 2. The van der Waals surface area contributed by atoms with E-state index < -0.39 is 0 Å². The molecule has 226 valence electrons. The maximum atomic E-state index is 13.6. The van der Waals surface area contributed by atoms with Gasteiger partial charge in [0.1, 0.15) is 5.82 Å². The summed E-state index contributed by atoms with van der Waals surface area (Å²) >= 11 is 0. The quantitative estimate of drug-likeness (QED) is 0.417. The number of anilines is 2. The molecule has 3 amide bonds. The summed E-state index contributed by atoms with van der Waals surface area (Å²) < 4.78 is 0. The number of carbonyl (C=O) groups excluding carboxylic acids is 3. The van der Waals surface area contributed by atoms with Crippen LogP contribution in [0.5, 0.6) is 0 Å². The van der Waals surface area contributed by atoms with Crippen molar-refractivity contribution in [1.29, 1.82) is 0 Å². The lowest BCUT2D eigenvalue weighted by Crippen LogP contribution is -2.48. The summed E-state index contributed by atoms with van der Waals surface area (Å²) in [6, 6.07) is 9.61. The molecule has 0 atom stereocenters. The number of nitrogens with zero attached hydrogens (tertiary/aromatic N) is 4. The molecule has 5 rings (SSSR count). The number of aromatic nitrogens is 2. The van der Waals surface area contributed by atoms with Crippen LogP contribution in [0.2, 0.25) is 0 Å². The van der Waals surface area contributed by atoms with Crippen LogP contribution in [0.4, 0.5) is 11.5 Å². The Balaban J connectivity index is 1.46. The molecule has 10 nitrogen and oxygen atoms in total. The fourth-order valence-corrected chi connectivity index (χ4v) is 5.74. The number of carbonyl (C=O) groups is 3. The van der Waals surface area contributed by atoms with Crippen molar-refractivity contribution in [1.82, 2.24) is 20.2 Å². The van der Waals surface area contributed by atoms with E-state index in [2.05, 4.69) is 15.2 Å². The van der Waals surface area contributed by atoms with Gasteiger partial charge in [-0.05, 0) is 87.6 Å². The summed E-state index contributed by atoms with van der Waals surface area (Å²) in [6.07, 6.45) is 3.56. The van der Waals surface area contributed by atoms with Crippen LogP contribution in [0.1, 0.15) is 59.4 Å². The van der Waals surface area contributed by atoms with E-state index in [9.17, 15) is 19.2 Å². The van der Waals surface area contributed by atoms with Crippen molar-refractivity contribution in [2.75, 3.05) is 42.5 Å². The van der Waals surface area contributed by atoms with Crippen LogP contribution >= 0.6 is 0 Å². The average Bonchev–Trinajstić information content (AvgIpc) is 3.84. The molecule has 10 heteroatoms. The molecule has 2 fully saturated rings. The SMILES string of the molecule is CCN(C(=O)C1CC1)c1cc(-c2ccc(N3CCN(C(C)=O)CC3)nc2)cc(C(=O)NCc2c(C)cc(C)[nH]c2=O)c1C. The Kier molecular flexibility index (Phi) is 8.66. The summed E-state index contributed by atoms with van der Waals surface area (Å²) in [5.74, 6) is 0.702. The van der Waals surface area contributed by atoms with Gasteiger partial charge in [0.15, 0.2) is 0 Å². The molecule has 2 aliphatic rings. The number of nitrogens with one attached hydrogen (secondary N) is 2. The molecule has 0 unspecified atom stereocenters. The normalized spacial score (nSPS) is 14.9. The summed E-state index contributed by atoms with van der Waals surface area (Å²) in [5.41, 5.74) is 5.33. The van der Waals surface area contributed by atoms with E-state index >= 15 is 0 Å². The molecular formula is C33H40N6O4. The van der Waals surface area contributed by atoms with Crippen LogP contribution in [-0.2, 0) is 16.1 Å². The van der Waals surface area contributed by atoms with E-state index in [4.69, 9.17) is 4.98 Å². The highest BCUT2D eigenvalue weighted by Gasteiger charge is 2.34. The Bertz CT molecular complexity index is 1600. The molecule has 43 heavy (non-hydrogen) atoms. The number of rotatable bonds is 8. The van der Waals surface area contributed by atoms with Crippen molar-refractivity contribution in [2.45, 2.75) is 54.0 Å². The lowest BCUT2D eigenvalue weighted by atomic mass is 9.97. The van der Waals surface area contributed by atoms with Crippen molar-refractivity contribution in [3.63, 3.8) is 0 Å². The van der Waals surface area contributed by atoms with Crippen LogP contribution in [0.3, 0.4) is 0 Å². The molecule has 1 aliphatic carbocycles. The number of aromatic amines is 1. The third-order valence-corrected chi connectivity index (χ3v) is 8.47. The number of hydrogen-bond acceptors (Lipinski definition) is 6. The minimum atomic E-state index is -0.317. The smallest absolute Gasteiger partial charge is 0.253 e. The minimum Gasteiger partial charge on any atom is -0.353 e.